The zero-order valence-electron chi connectivity index (χ0n) is 18.8. The van der Waals surface area contributed by atoms with Gasteiger partial charge in [-0.2, -0.15) is 0 Å². The molecule has 0 saturated carbocycles. The quantitative estimate of drug-likeness (QED) is 0.307. The first-order valence-electron chi connectivity index (χ1n) is 11.0. The molecule has 4 rings (SSSR count). The highest BCUT2D eigenvalue weighted by Gasteiger charge is 2.29. The predicted octanol–water partition coefficient (Wildman–Crippen LogP) is 3.91. The van der Waals surface area contributed by atoms with Crippen molar-refractivity contribution < 1.29 is 14.3 Å². The van der Waals surface area contributed by atoms with Crippen LogP contribution in [-0.2, 0) is 28.9 Å². The number of carbonyl (C=O) groups excluding carboxylic acids is 2. The molecule has 8 nitrogen and oxygen atoms in total. The minimum atomic E-state index is -0.394. The Morgan fingerprint density at radius 1 is 1.36 bits per heavy atom. The van der Waals surface area contributed by atoms with Crippen molar-refractivity contribution in [1.82, 2.24) is 14.5 Å². The van der Waals surface area contributed by atoms with E-state index in [0.717, 1.165) is 29.7 Å². The summed E-state index contributed by atoms with van der Waals surface area (Å²) < 4.78 is 6.81. The van der Waals surface area contributed by atoms with Crippen molar-refractivity contribution in [1.29, 1.82) is 0 Å². The van der Waals surface area contributed by atoms with Crippen LogP contribution in [0.25, 0.3) is 11.0 Å². The number of nitrogens with zero attached hydrogens (tertiary/aromatic N) is 3. The molecule has 33 heavy (non-hydrogen) atoms. The molecule has 174 valence electrons. The maximum Gasteiger partial charge on any atom is 0.341 e. The van der Waals surface area contributed by atoms with Gasteiger partial charge in [-0.15, -0.1) is 11.3 Å². The SMILES string of the molecule is CCOC(=O)c1c(NC(=O)CSc2nc3ncccc3c(=O)n2CC)sc2c1CCC(C)C2. The molecule has 0 saturated heterocycles. The normalized spacial score (nSPS) is 15.3. The number of pyridine rings is 1. The van der Waals surface area contributed by atoms with Crippen LogP contribution in [0, 0.1) is 5.92 Å². The smallest absolute Gasteiger partial charge is 0.341 e. The number of carbonyl (C=O) groups is 2. The standard InChI is InChI=1S/C23H26N4O4S2/c1-4-27-21(29)15-7-6-10-24-19(15)26-23(27)32-12-17(28)25-20-18(22(30)31-5-2)14-9-8-13(3)11-16(14)33-20/h6-7,10,13H,4-5,8-9,11-12H2,1-3H3,(H,25,28). The molecule has 0 bridgehead atoms. The molecular weight excluding hydrogens is 460 g/mol. The van der Waals surface area contributed by atoms with Crippen LogP contribution < -0.4 is 10.9 Å². The van der Waals surface area contributed by atoms with Crippen molar-refractivity contribution in [3.8, 4) is 0 Å². The lowest BCUT2D eigenvalue weighted by molar-refractivity contribution is -0.113. The zero-order chi connectivity index (χ0) is 23.5. The second-order valence-corrected chi connectivity index (χ2v) is 9.98. The number of rotatable bonds is 7. The van der Waals surface area contributed by atoms with E-state index in [4.69, 9.17) is 4.74 Å². The van der Waals surface area contributed by atoms with E-state index >= 15 is 0 Å². The number of aromatic nitrogens is 3. The Balaban J connectivity index is 1.55. The summed E-state index contributed by atoms with van der Waals surface area (Å²) >= 11 is 2.64. The number of hydrogen-bond acceptors (Lipinski definition) is 8. The second-order valence-electron chi connectivity index (χ2n) is 7.93. The molecule has 3 heterocycles. The van der Waals surface area contributed by atoms with Crippen LogP contribution in [0.4, 0.5) is 5.00 Å². The third-order valence-electron chi connectivity index (χ3n) is 5.59. The first-order valence-corrected chi connectivity index (χ1v) is 12.8. The molecule has 1 atom stereocenters. The van der Waals surface area contributed by atoms with Crippen LogP contribution in [0.5, 0.6) is 0 Å². The van der Waals surface area contributed by atoms with E-state index in [1.54, 1.807) is 25.3 Å². The molecule has 3 aromatic heterocycles. The van der Waals surface area contributed by atoms with E-state index in [1.165, 1.54) is 27.7 Å². The van der Waals surface area contributed by atoms with E-state index < -0.39 is 5.97 Å². The molecule has 0 aliphatic heterocycles. The van der Waals surface area contributed by atoms with Gasteiger partial charge < -0.3 is 10.1 Å². The highest BCUT2D eigenvalue weighted by atomic mass is 32.2. The molecule has 3 aromatic rings. The van der Waals surface area contributed by atoms with Gasteiger partial charge in [0.1, 0.15) is 5.00 Å². The first kappa shape index (κ1) is 23.4. The zero-order valence-corrected chi connectivity index (χ0v) is 20.5. The lowest BCUT2D eigenvalue weighted by Crippen LogP contribution is -2.24. The summed E-state index contributed by atoms with van der Waals surface area (Å²) in [5.41, 5.74) is 1.67. The van der Waals surface area contributed by atoms with Gasteiger partial charge in [0, 0.05) is 17.6 Å². The summed E-state index contributed by atoms with van der Waals surface area (Å²) in [4.78, 5) is 48.0. The van der Waals surface area contributed by atoms with Crippen LogP contribution in [0.2, 0.25) is 0 Å². The minimum Gasteiger partial charge on any atom is -0.462 e. The van der Waals surface area contributed by atoms with Gasteiger partial charge in [0.05, 0.1) is 23.3 Å². The molecule has 0 spiro atoms. The number of hydrogen-bond donors (Lipinski definition) is 1. The summed E-state index contributed by atoms with van der Waals surface area (Å²) in [5.74, 6) is -0.0695. The fraction of sp³-hybridized carbons (Fsp3) is 0.435. The monoisotopic (exact) mass is 486 g/mol. The third-order valence-corrected chi connectivity index (χ3v) is 7.73. The number of amides is 1. The molecule has 1 aliphatic rings. The molecule has 1 N–H and O–H groups in total. The third kappa shape index (κ3) is 4.81. The average Bonchev–Trinajstić information content (AvgIpc) is 3.14. The maximum absolute atomic E-state index is 12.8. The molecule has 1 aliphatic carbocycles. The number of anilines is 1. The first-order chi connectivity index (χ1) is 15.9. The van der Waals surface area contributed by atoms with Gasteiger partial charge in [-0.3, -0.25) is 14.2 Å². The maximum atomic E-state index is 12.8. The van der Waals surface area contributed by atoms with E-state index in [2.05, 4.69) is 22.2 Å². The molecule has 0 radical (unpaired) electrons. The largest absolute Gasteiger partial charge is 0.462 e. The van der Waals surface area contributed by atoms with Gasteiger partial charge in [-0.05, 0) is 56.7 Å². The Labute approximate surface area is 199 Å². The Hall–Kier alpha value is -2.72. The number of thioether (sulfide) groups is 1. The molecule has 0 fully saturated rings. The summed E-state index contributed by atoms with van der Waals surface area (Å²) in [6, 6.07) is 3.40. The van der Waals surface area contributed by atoms with Gasteiger partial charge in [0.2, 0.25) is 5.91 Å². The van der Waals surface area contributed by atoms with E-state index in [9.17, 15) is 14.4 Å². The minimum absolute atomic E-state index is 0.0476. The van der Waals surface area contributed by atoms with Crippen LogP contribution in [0.1, 0.15) is 48.0 Å². The second kappa shape index (κ2) is 10.0. The summed E-state index contributed by atoms with van der Waals surface area (Å²) in [5, 5.41) is 4.34. The van der Waals surface area contributed by atoms with Crippen molar-refractivity contribution in [2.75, 3.05) is 17.7 Å². The number of thiophene rings is 1. The average molecular weight is 487 g/mol. The highest BCUT2D eigenvalue weighted by molar-refractivity contribution is 7.99. The molecular formula is C23H26N4O4S2. The van der Waals surface area contributed by atoms with E-state index in [1.807, 2.05) is 6.92 Å². The van der Waals surface area contributed by atoms with Gasteiger partial charge in [-0.1, -0.05) is 18.7 Å². The number of nitrogens with one attached hydrogen (secondary N) is 1. The molecule has 1 unspecified atom stereocenters. The van der Waals surface area contributed by atoms with E-state index in [0.29, 0.717) is 39.2 Å². The number of esters is 1. The molecule has 0 aromatic carbocycles. The van der Waals surface area contributed by atoms with Crippen molar-refractivity contribution in [2.45, 2.75) is 51.7 Å². The van der Waals surface area contributed by atoms with Gasteiger partial charge >= 0.3 is 5.97 Å². The van der Waals surface area contributed by atoms with Crippen molar-refractivity contribution in [2.24, 2.45) is 5.92 Å². The summed E-state index contributed by atoms with van der Waals surface area (Å²) in [6.07, 6.45) is 4.30. The van der Waals surface area contributed by atoms with Crippen LogP contribution in [0.15, 0.2) is 28.3 Å². The highest BCUT2D eigenvalue weighted by Crippen LogP contribution is 2.40. The summed E-state index contributed by atoms with van der Waals surface area (Å²) in [7, 11) is 0. The van der Waals surface area contributed by atoms with Crippen LogP contribution in [0.3, 0.4) is 0 Å². The van der Waals surface area contributed by atoms with Crippen molar-refractivity contribution in [3.63, 3.8) is 0 Å². The van der Waals surface area contributed by atoms with Crippen LogP contribution >= 0.6 is 23.1 Å². The van der Waals surface area contributed by atoms with Gasteiger partial charge in [-0.25, -0.2) is 14.8 Å². The Bertz CT molecular complexity index is 1270. The molecule has 10 heteroatoms. The van der Waals surface area contributed by atoms with Crippen molar-refractivity contribution >= 4 is 51.0 Å². The number of ether oxygens (including phenoxy) is 1. The molecule has 1 amide bonds. The lowest BCUT2D eigenvalue weighted by atomic mass is 9.88. The summed E-state index contributed by atoms with van der Waals surface area (Å²) in [6.45, 7) is 6.54. The van der Waals surface area contributed by atoms with E-state index in [-0.39, 0.29) is 23.8 Å². The van der Waals surface area contributed by atoms with Crippen LogP contribution in [-0.4, -0.2) is 38.8 Å². The number of fused-ring (bicyclic) bond motifs is 2. The fourth-order valence-corrected chi connectivity index (χ4v) is 6.24. The Morgan fingerprint density at radius 2 is 2.18 bits per heavy atom. The van der Waals surface area contributed by atoms with Crippen molar-refractivity contribution in [3.05, 3.63) is 44.7 Å². The predicted molar refractivity (Wildman–Crippen MR) is 130 cm³/mol. The van der Waals surface area contributed by atoms with Gasteiger partial charge in [0.15, 0.2) is 10.8 Å². The van der Waals surface area contributed by atoms with Gasteiger partial charge in [0.25, 0.3) is 5.56 Å². The Kier molecular flexibility index (Phi) is 7.14. The lowest BCUT2D eigenvalue weighted by Gasteiger charge is -2.18. The fourth-order valence-electron chi connectivity index (χ4n) is 3.98. The Morgan fingerprint density at radius 3 is 2.94 bits per heavy atom. The topological polar surface area (TPSA) is 103 Å².